The zero-order valence-electron chi connectivity index (χ0n) is 17.6. The van der Waals surface area contributed by atoms with E-state index in [0.29, 0.717) is 19.8 Å². The smallest absolute Gasteiger partial charge is 0.282 e. The Labute approximate surface area is 152 Å². The Hall–Kier alpha value is -0.120. The van der Waals surface area contributed by atoms with Crippen LogP contribution in [0.4, 0.5) is 0 Å². The highest BCUT2D eigenvalue weighted by Crippen LogP contribution is 2.24. The van der Waals surface area contributed by atoms with Crippen molar-refractivity contribution >= 4 is 0 Å². The van der Waals surface area contributed by atoms with Crippen molar-refractivity contribution in [2.75, 3.05) is 19.8 Å². The van der Waals surface area contributed by atoms with Gasteiger partial charge in [0.1, 0.15) is 0 Å². The summed E-state index contributed by atoms with van der Waals surface area (Å²) in [6.07, 6.45) is 13.9. The Morgan fingerprint density at radius 1 is 0.458 bits per heavy atom. The van der Waals surface area contributed by atoms with Gasteiger partial charge in [-0.15, -0.1) is 0 Å². The molecule has 3 heteroatoms. The molecule has 0 fully saturated rings. The minimum absolute atomic E-state index is 0.622. The van der Waals surface area contributed by atoms with Crippen LogP contribution in [0, 0.1) is 0 Å². The van der Waals surface area contributed by atoms with E-state index in [1.807, 2.05) is 20.8 Å². The van der Waals surface area contributed by atoms with Gasteiger partial charge in [0.25, 0.3) is 5.97 Å². The maximum atomic E-state index is 5.71. The molecule has 148 valence electrons. The van der Waals surface area contributed by atoms with Crippen LogP contribution in [0.15, 0.2) is 0 Å². The summed E-state index contributed by atoms with van der Waals surface area (Å²) in [6, 6.07) is 0. The molecule has 0 heterocycles. The number of rotatable bonds is 16. The second kappa shape index (κ2) is 20.9. The molecule has 3 nitrogen and oxygen atoms in total. The summed E-state index contributed by atoms with van der Waals surface area (Å²) in [5.41, 5.74) is 0. The number of hydrogen-bond donors (Lipinski definition) is 0. The molecule has 0 radical (unpaired) electrons. The summed E-state index contributed by atoms with van der Waals surface area (Å²) in [6.45, 7) is 14.5. The third kappa shape index (κ3) is 16.7. The summed E-state index contributed by atoms with van der Waals surface area (Å²) in [4.78, 5) is 0. The van der Waals surface area contributed by atoms with Crippen LogP contribution in [0.3, 0.4) is 0 Å². The van der Waals surface area contributed by atoms with Gasteiger partial charge >= 0.3 is 0 Å². The number of hydrogen-bond acceptors (Lipinski definition) is 3. The van der Waals surface area contributed by atoms with Gasteiger partial charge in [-0.2, -0.15) is 0 Å². The van der Waals surface area contributed by atoms with Gasteiger partial charge in [0.15, 0.2) is 0 Å². The lowest BCUT2D eigenvalue weighted by atomic mass is 10.1. The maximum Gasteiger partial charge on any atom is 0.282 e. The van der Waals surface area contributed by atoms with Gasteiger partial charge in [-0.05, 0) is 27.2 Å². The highest BCUT2D eigenvalue weighted by molar-refractivity contribution is 4.59. The molecule has 0 N–H and O–H groups in total. The molecule has 0 spiro atoms. The first-order chi connectivity index (χ1) is 11.7. The first-order valence-electron chi connectivity index (χ1n) is 10.6. The molecule has 0 amide bonds. The number of unbranched alkanes of at least 4 members (excludes halogenated alkanes) is 8. The topological polar surface area (TPSA) is 27.7 Å². The van der Waals surface area contributed by atoms with Crippen molar-refractivity contribution in [3.05, 3.63) is 0 Å². The normalized spacial score (nSPS) is 11.2. The Morgan fingerprint density at radius 2 is 0.833 bits per heavy atom. The lowest BCUT2D eigenvalue weighted by Crippen LogP contribution is -2.39. The van der Waals surface area contributed by atoms with E-state index < -0.39 is 5.97 Å². The van der Waals surface area contributed by atoms with Crippen molar-refractivity contribution in [3.8, 4) is 0 Å². The van der Waals surface area contributed by atoms with Crippen molar-refractivity contribution in [1.29, 1.82) is 0 Å². The van der Waals surface area contributed by atoms with E-state index in [4.69, 9.17) is 14.2 Å². The van der Waals surface area contributed by atoms with E-state index in [0.717, 1.165) is 12.8 Å². The third-order valence-corrected chi connectivity index (χ3v) is 3.89. The van der Waals surface area contributed by atoms with Crippen LogP contribution in [-0.4, -0.2) is 25.8 Å². The Balaban J connectivity index is 0. The van der Waals surface area contributed by atoms with Crippen LogP contribution in [-0.2, 0) is 14.2 Å². The average Bonchev–Trinajstić information content (AvgIpc) is 2.56. The van der Waals surface area contributed by atoms with E-state index in [1.165, 1.54) is 57.8 Å². The highest BCUT2D eigenvalue weighted by atomic mass is 16.9. The average molecular weight is 347 g/mol. The molecule has 0 unspecified atom stereocenters. The second-order valence-electron chi connectivity index (χ2n) is 6.21. The van der Waals surface area contributed by atoms with E-state index >= 15 is 0 Å². The van der Waals surface area contributed by atoms with Gasteiger partial charge in [-0.1, -0.05) is 78.6 Å². The summed E-state index contributed by atoms with van der Waals surface area (Å²) < 4.78 is 17.1. The maximum absolute atomic E-state index is 5.71. The fourth-order valence-corrected chi connectivity index (χ4v) is 2.65. The van der Waals surface area contributed by atoms with Crippen molar-refractivity contribution in [2.24, 2.45) is 0 Å². The van der Waals surface area contributed by atoms with E-state index in [-0.39, 0.29) is 0 Å². The largest absolute Gasteiger partial charge is 0.328 e. The molecule has 0 saturated heterocycles. The standard InChI is InChI=1S/C16H34O3.C5H12/c1-5-9-10-11-12-13-14-15-16(17-6-2,18-7-3)19-8-4;1-3-5-4-2/h5-15H2,1-4H3;3-5H2,1-2H3. The fourth-order valence-electron chi connectivity index (χ4n) is 2.65. The first-order valence-corrected chi connectivity index (χ1v) is 10.6. The molecule has 0 aliphatic heterocycles. The highest BCUT2D eigenvalue weighted by Gasteiger charge is 2.31. The summed E-state index contributed by atoms with van der Waals surface area (Å²) in [5.74, 6) is -0.804. The molecule has 0 aliphatic carbocycles. The van der Waals surface area contributed by atoms with Crippen molar-refractivity contribution in [3.63, 3.8) is 0 Å². The molecule has 0 aromatic carbocycles. The van der Waals surface area contributed by atoms with E-state index in [1.54, 1.807) is 0 Å². The molecule has 0 aromatic rings. The van der Waals surface area contributed by atoms with Crippen LogP contribution in [0.2, 0.25) is 0 Å². The van der Waals surface area contributed by atoms with Crippen molar-refractivity contribution in [1.82, 2.24) is 0 Å². The predicted molar refractivity (Wildman–Crippen MR) is 105 cm³/mol. The monoisotopic (exact) mass is 346 g/mol. The van der Waals surface area contributed by atoms with Gasteiger partial charge in [-0.3, -0.25) is 0 Å². The van der Waals surface area contributed by atoms with Gasteiger partial charge in [0, 0.05) is 26.2 Å². The quantitative estimate of drug-likeness (QED) is 0.220. The fraction of sp³-hybridized carbons (Fsp3) is 1.00. The molecule has 0 atom stereocenters. The van der Waals surface area contributed by atoms with Gasteiger partial charge in [0.05, 0.1) is 0 Å². The molecule has 0 saturated carbocycles. The lowest BCUT2D eigenvalue weighted by Gasteiger charge is -2.32. The molecular weight excluding hydrogens is 300 g/mol. The third-order valence-electron chi connectivity index (χ3n) is 3.89. The minimum atomic E-state index is -0.804. The lowest BCUT2D eigenvalue weighted by molar-refractivity contribution is -0.380. The van der Waals surface area contributed by atoms with Crippen LogP contribution in [0.1, 0.15) is 112 Å². The molecule has 0 aliphatic rings. The molecule has 24 heavy (non-hydrogen) atoms. The molecular formula is C21H46O3. The first kappa shape index (κ1) is 26.1. The molecule has 0 bridgehead atoms. The van der Waals surface area contributed by atoms with E-state index in [2.05, 4.69) is 20.8 Å². The Bertz CT molecular complexity index is 200. The SMILES string of the molecule is CCCCC.CCCCCCCCCC(OCC)(OCC)OCC. The van der Waals surface area contributed by atoms with Gasteiger partial charge in [0.2, 0.25) is 0 Å². The summed E-state index contributed by atoms with van der Waals surface area (Å²) in [7, 11) is 0. The van der Waals surface area contributed by atoms with Crippen LogP contribution >= 0.6 is 0 Å². The zero-order chi connectivity index (χ0) is 18.5. The minimum Gasteiger partial charge on any atom is -0.328 e. The summed E-state index contributed by atoms with van der Waals surface area (Å²) >= 11 is 0. The Kier molecular flexibility index (Phi) is 22.8. The molecule has 0 aromatic heterocycles. The zero-order valence-corrected chi connectivity index (χ0v) is 17.6. The predicted octanol–water partition coefficient (Wildman–Crippen LogP) is 7.09. The van der Waals surface area contributed by atoms with Gasteiger partial charge < -0.3 is 14.2 Å². The van der Waals surface area contributed by atoms with Crippen LogP contribution in [0.5, 0.6) is 0 Å². The number of ether oxygens (including phenoxy) is 3. The van der Waals surface area contributed by atoms with Crippen molar-refractivity contribution in [2.45, 2.75) is 118 Å². The second-order valence-corrected chi connectivity index (χ2v) is 6.21. The van der Waals surface area contributed by atoms with Crippen LogP contribution < -0.4 is 0 Å². The van der Waals surface area contributed by atoms with Gasteiger partial charge in [-0.25, -0.2) is 0 Å². The Morgan fingerprint density at radius 3 is 1.17 bits per heavy atom. The summed E-state index contributed by atoms with van der Waals surface area (Å²) in [5, 5.41) is 0. The van der Waals surface area contributed by atoms with Crippen LogP contribution in [0.25, 0.3) is 0 Å². The molecule has 0 rings (SSSR count). The van der Waals surface area contributed by atoms with Crippen molar-refractivity contribution < 1.29 is 14.2 Å². The van der Waals surface area contributed by atoms with E-state index in [9.17, 15) is 0 Å².